The third-order valence-corrected chi connectivity index (χ3v) is 7.46. The lowest BCUT2D eigenvalue weighted by molar-refractivity contribution is 0.102. The Hall–Kier alpha value is -3.15. The van der Waals surface area contributed by atoms with E-state index in [0.717, 1.165) is 66.7 Å². The number of thioether (sulfide) groups is 1. The van der Waals surface area contributed by atoms with Crippen molar-refractivity contribution in [3.63, 3.8) is 0 Å². The van der Waals surface area contributed by atoms with E-state index in [1.165, 1.54) is 6.20 Å². The molecule has 0 unspecified atom stereocenters. The van der Waals surface area contributed by atoms with E-state index in [1.54, 1.807) is 6.26 Å². The standard InChI is InChI=1S/C26H26F3N5O2S/c1-37-14-9-17(28)22(18(29)10-14)24-16(27)5-6-19(32-24)26(36)33-20-11-31-23-15(4-7-21(23)35)25(20)34-8-2-3-13(30)12-34/h5-6,9-11,13,21,35H,2-4,7-8,12,30H2,1H3,(H,33,36)/t13-,21+/m0/s1. The van der Waals surface area contributed by atoms with Crippen LogP contribution < -0.4 is 16.0 Å². The molecule has 2 atom stereocenters. The zero-order valence-corrected chi connectivity index (χ0v) is 20.9. The van der Waals surface area contributed by atoms with E-state index in [0.29, 0.717) is 35.7 Å². The Morgan fingerprint density at radius 2 is 1.95 bits per heavy atom. The number of aliphatic hydroxyl groups excluding tert-OH is 1. The summed E-state index contributed by atoms with van der Waals surface area (Å²) in [6.45, 7) is 1.31. The molecule has 2 aromatic heterocycles. The number of benzene rings is 1. The van der Waals surface area contributed by atoms with Crippen LogP contribution in [0.3, 0.4) is 0 Å². The first-order valence-electron chi connectivity index (χ1n) is 12.0. The van der Waals surface area contributed by atoms with Gasteiger partial charge in [0, 0.05) is 29.6 Å². The highest BCUT2D eigenvalue weighted by Crippen LogP contribution is 2.41. The summed E-state index contributed by atoms with van der Waals surface area (Å²) in [7, 11) is 0. The Labute approximate surface area is 216 Å². The molecule has 4 N–H and O–H groups in total. The van der Waals surface area contributed by atoms with Crippen molar-refractivity contribution in [3.8, 4) is 11.3 Å². The Morgan fingerprint density at radius 1 is 1.19 bits per heavy atom. The predicted molar refractivity (Wildman–Crippen MR) is 136 cm³/mol. The highest BCUT2D eigenvalue weighted by Gasteiger charge is 2.31. The van der Waals surface area contributed by atoms with E-state index >= 15 is 0 Å². The highest BCUT2D eigenvalue weighted by molar-refractivity contribution is 7.98. The average Bonchev–Trinajstić information content (AvgIpc) is 3.24. The first-order valence-corrected chi connectivity index (χ1v) is 13.2. The molecular formula is C26H26F3N5O2S. The largest absolute Gasteiger partial charge is 0.387 e. The lowest BCUT2D eigenvalue weighted by atomic mass is 10.0. The minimum absolute atomic E-state index is 0.0314. The number of nitrogens with zero attached hydrogens (tertiary/aromatic N) is 3. The SMILES string of the molecule is CSc1cc(F)c(-c2nc(C(=O)Nc3cnc4c(c3N3CCC[C@H](N)C3)CC[C@H]4O)ccc2F)c(F)c1. The van der Waals surface area contributed by atoms with Gasteiger partial charge in [-0.15, -0.1) is 11.8 Å². The Bertz CT molecular complexity index is 1350. The summed E-state index contributed by atoms with van der Waals surface area (Å²) < 4.78 is 44.0. The average molecular weight is 530 g/mol. The topological polar surface area (TPSA) is 104 Å². The maximum atomic E-state index is 14.7. The van der Waals surface area contributed by atoms with Crippen LogP contribution in [0.5, 0.6) is 0 Å². The Kier molecular flexibility index (Phi) is 7.11. The monoisotopic (exact) mass is 529 g/mol. The van der Waals surface area contributed by atoms with Crippen molar-refractivity contribution in [1.82, 2.24) is 9.97 Å². The van der Waals surface area contributed by atoms with E-state index in [2.05, 4.69) is 20.2 Å². The molecule has 3 heterocycles. The molecular weight excluding hydrogens is 503 g/mol. The van der Waals surface area contributed by atoms with E-state index < -0.39 is 40.7 Å². The zero-order valence-electron chi connectivity index (χ0n) is 20.1. The first-order chi connectivity index (χ1) is 17.8. The maximum Gasteiger partial charge on any atom is 0.274 e. The molecule has 2 aliphatic rings. The number of rotatable bonds is 5. The molecule has 3 aromatic rings. The van der Waals surface area contributed by atoms with Gasteiger partial charge >= 0.3 is 0 Å². The predicted octanol–water partition coefficient (Wildman–Crippen LogP) is 4.44. The number of carbonyl (C=O) groups excluding carboxylic acids is 1. The van der Waals surface area contributed by atoms with Gasteiger partial charge < -0.3 is 21.1 Å². The van der Waals surface area contributed by atoms with Gasteiger partial charge in [-0.1, -0.05) is 0 Å². The van der Waals surface area contributed by atoms with Crippen molar-refractivity contribution in [1.29, 1.82) is 0 Å². The summed E-state index contributed by atoms with van der Waals surface area (Å²) in [5, 5.41) is 13.1. The number of carbonyl (C=O) groups is 1. The van der Waals surface area contributed by atoms with E-state index in [1.807, 2.05) is 0 Å². The van der Waals surface area contributed by atoms with Crippen LogP contribution in [0.1, 0.15) is 47.1 Å². The summed E-state index contributed by atoms with van der Waals surface area (Å²) in [5.74, 6) is -3.59. The molecule has 1 aliphatic carbocycles. The number of halogens is 3. The van der Waals surface area contributed by atoms with Crippen LogP contribution in [-0.4, -0.2) is 46.4 Å². The first kappa shape index (κ1) is 25.5. The van der Waals surface area contributed by atoms with Crippen LogP contribution in [-0.2, 0) is 6.42 Å². The van der Waals surface area contributed by atoms with Crippen molar-refractivity contribution in [2.75, 3.05) is 29.6 Å². The molecule has 1 amide bonds. The second-order valence-electron chi connectivity index (χ2n) is 9.23. The minimum atomic E-state index is -0.974. The van der Waals surface area contributed by atoms with Gasteiger partial charge in [-0.25, -0.2) is 18.2 Å². The lowest BCUT2D eigenvalue weighted by Crippen LogP contribution is -2.43. The summed E-state index contributed by atoms with van der Waals surface area (Å²) >= 11 is 1.14. The normalized spacial score (nSPS) is 19.1. The number of aliphatic hydroxyl groups is 1. The van der Waals surface area contributed by atoms with Gasteiger partial charge in [-0.2, -0.15) is 0 Å². The van der Waals surface area contributed by atoms with Crippen molar-refractivity contribution in [2.45, 2.75) is 42.7 Å². The Morgan fingerprint density at radius 3 is 2.65 bits per heavy atom. The summed E-state index contributed by atoms with van der Waals surface area (Å²) in [6, 6.07) is 4.27. The number of aromatic nitrogens is 2. The second kappa shape index (κ2) is 10.3. The van der Waals surface area contributed by atoms with E-state index in [-0.39, 0.29) is 11.7 Å². The van der Waals surface area contributed by atoms with Gasteiger partial charge in [0.1, 0.15) is 28.8 Å². The Balaban J connectivity index is 1.51. The number of piperidine rings is 1. The lowest BCUT2D eigenvalue weighted by Gasteiger charge is -2.35. The second-order valence-corrected chi connectivity index (χ2v) is 10.1. The molecule has 1 aromatic carbocycles. The molecule has 1 aliphatic heterocycles. The molecule has 0 radical (unpaired) electrons. The molecule has 37 heavy (non-hydrogen) atoms. The van der Waals surface area contributed by atoms with Crippen molar-refractivity contribution >= 4 is 29.0 Å². The van der Waals surface area contributed by atoms with Crippen molar-refractivity contribution < 1.29 is 23.1 Å². The number of hydrogen-bond donors (Lipinski definition) is 3. The van der Waals surface area contributed by atoms with Crippen LogP contribution in [0, 0.1) is 17.5 Å². The fourth-order valence-corrected chi connectivity index (χ4v) is 5.44. The van der Waals surface area contributed by atoms with Crippen LogP contribution in [0.4, 0.5) is 24.5 Å². The number of amides is 1. The van der Waals surface area contributed by atoms with Crippen LogP contribution >= 0.6 is 11.8 Å². The van der Waals surface area contributed by atoms with E-state index in [9.17, 15) is 23.1 Å². The number of nitrogens with two attached hydrogens (primary N) is 1. The summed E-state index contributed by atoms with van der Waals surface area (Å²) in [5.41, 5.74) is 7.34. The molecule has 5 rings (SSSR count). The fourth-order valence-electron chi connectivity index (χ4n) is 5.00. The fraction of sp³-hybridized carbons (Fsp3) is 0.346. The van der Waals surface area contributed by atoms with Gasteiger partial charge in [0.05, 0.1) is 34.9 Å². The molecule has 0 bridgehead atoms. The van der Waals surface area contributed by atoms with Gasteiger partial charge in [-0.05, 0) is 56.2 Å². The molecule has 7 nitrogen and oxygen atoms in total. The van der Waals surface area contributed by atoms with Crippen LogP contribution in [0.2, 0.25) is 0 Å². The van der Waals surface area contributed by atoms with Gasteiger partial charge in [0.15, 0.2) is 0 Å². The van der Waals surface area contributed by atoms with Crippen LogP contribution in [0.25, 0.3) is 11.3 Å². The number of pyridine rings is 2. The van der Waals surface area contributed by atoms with Crippen molar-refractivity contribution in [3.05, 3.63) is 64.9 Å². The molecule has 11 heteroatoms. The molecule has 1 saturated heterocycles. The summed E-state index contributed by atoms with van der Waals surface area (Å²) in [6.07, 6.45) is 5.36. The number of nitrogens with one attached hydrogen (secondary N) is 1. The number of fused-ring (bicyclic) bond motifs is 1. The zero-order chi connectivity index (χ0) is 26.3. The minimum Gasteiger partial charge on any atom is -0.387 e. The van der Waals surface area contributed by atoms with E-state index in [4.69, 9.17) is 5.73 Å². The molecule has 194 valence electrons. The quantitative estimate of drug-likeness (QED) is 0.420. The third-order valence-electron chi connectivity index (χ3n) is 6.76. The van der Waals surface area contributed by atoms with Gasteiger partial charge in [-0.3, -0.25) is 9.78 Å². The van der Waals surface area contributed by atoms with Gasteiger partial charge in [0.2, 0.25) is 0 Å². The third kappa shape index (κ3) is 4.90. The molecule has 1 fully saturated rings. The highest BCUT2D eigenvalue weighted by atomic mass is 32.2. The number of anilines is 2. The maximum absolute atomic E-state index is 14.7. The van der Waals surface area contributed by atoms with Crippen molar-refractivity contribution in [2.24, 2.45) is 5.73 Å². The van der Waals surface area contributed by atoms with Crippen LogP contribution in [0.15, 0.2) is 35.4 Å². The summed E-state index contributed by atoms with van der Waals surface area (Å²) in [4.78, 5) is 24.0. The molecule has 0 spiro atoms. The molecule has 0 saturated carbocycles. The smallest absolute Gasteiger partial charge is 0.274 e. The van der Waals surface area contributed by atoms with Gasteiger partial charge in [0.25, 0.3) is 5.91 Å². The number of hydrogen-bond acceptors (Lipinski definition) is 7.